The summed E-state index contributed by atoms with van der Waals surface area (Å²) in [6.07, 6.45) is 0. The minimum absolute atomic E-state index is 0.0889. The first kappa shape index (κ1) is 13.0. The van der Waals surface area contributed by atoms with Crippen molar-refractivity contribution in [3.8, 4) is 11.6 Å². The van der Waals surface area contributed by atoms with Gasteiger partial charge in [0.05, 0.1) is 11.1 Å². The van der Waals surface area contributed by atoms with Crippen LogP contribution >= 0.6 is 15.9 Å². The number of pyridine rings is 1. The first-order valence-electron chi connectivity index (χ1n) is 5.30. The molecule has 0 spiro atoms. The Labute approximate surface area is 112 Å². The number of aliphatic hydroxyl groups excluding tert-OH is 1. The molecule has 0 amide bonds. The fourth-order valence-electron chi connectivity index (χ4n) is 1.51. The van der Waals surface area contributed by atoms with E-state index >= 15 is 0 Å². The standard InChI is InChI=1S/C13H11BrFNO2/c1-8-4-9(7-17)5-13(16-8)18-10-2-3-11(14)12(15)6-10/h2-6,17H,7H2,1H3. The van der Waals surface area contributed by atoms with Crippen LogP contribution in [0.2, 0.25) is 0 Å². The van der Waals surface area contributed by atoms with E-state index in [0.29, 0.717) is 21.7 Å². The molecule has 18 heavy (non-hydrogen) atoms. The van der Waals surface area contributed by atoms with E-state index in [-0.39, 0.29) is 6.61 Å². The van der Waals surface area contributed by atoms with Gasteiger partial charge in [0, 0.05) is 17.8 Å². The van der Waals surface area contributed by atoms with Gasteiger partial charge in [0.2, 0.25) is 5.88 Å². The van der Waals surface area contributed by atoms with E-state index in [2.05, 4.69) is 20.9 Å². The summed E-state index contributed by atoms with van der Waals surface area (Å²) in [5, 5.41) is 9.08. The normalized spacial score (nSPS) is 10.4. The molecule has 0 radical (unpaired) electrons. The van der Waals surface area contributed by atoms with Crippen LogP contribution < -0.4 is 4.74 Å². The molecule has 0 aliphatic carbocycles. The van der Waals surface area contributed by atoms with Crippen LogP contribution in [0.15, 0.2) is 34.8 Å². The number of halogens is 2. The van der Waals surface area contributed by atoms with Crippen LogP contribution in [0.4, 0.5) is 4.39 Å². The molecule has 0 fully saturated rings. The minimum atomic E-state index is -0.400. The maximum absolute atomic E-state index is 13.3. The van der Waals surface area contributed by atoms with Crippen molar-refractivity contribution in [3.05, 3.63) is 51.9 Å². The SMILES string of the molecule is Cc1cc(CO)cc(Oc2ccc(Br)c(F)c2)n1. The van der Waals surface area contributed by atoms with Crippen molar-refractivity contribution in [2.75, 3.05) is 0 Å². The Kier molecular flexibility index (Phi) is 3.93. The third-order valence-corrected chi connectivity index (χ3v) is 2.93. The fraction of sp³-hybridized carbons (Fsp3) is 0.154. The summed E-state index contributed by atoms with van der Waals surface area (Å²) in [6.45, 7) is 1.71. The van der Waals surface area contributed by atoms with Gasteiger partial charge in [-0.05, 0) is 46.6 Å². The van der Waals surface area contributed by atoms with Crippen LogP contribution in [0.25, 0.3) is 0 Å². The molecular weight excluding hydrogens is 301 g/mol. The summed E-state index contributed by atoms with van der Waals surface area (Å²) in [6, 6.07) is 7.85. The highest BCUT2D eigenvalue weighted by Crippen LogP contribution is 2.25. The summed E-state index contributed by atoms with van der Waals surface area (Å²) < 4.78 is 19.2. The molecule has 3 nitrogen and oxygen atoms in total. The first-order chi connectivity index (χ1) is 8.58. The Morgan fingerprint density at radius 2 is 2.11 bits per heavy atom. The van der Waals surface area contributed by atoms with Crippen molar-refractivity contribution in [1.82, 2.24) is 4.98 Å². The molecule has 1 N–H and O–H groups in total. The lowest BCUT2D eigenvalue weighted by Crippen LogP contribution is -1.94. The second-order valence-corrected chi connectivity index (χ2v) is 4.65. The van der Waals surface area contributed by atoms with Gasteiger partial charge in [-0.2, -0.15) is 0 Å². The van der Waals surface area contributed by atoms with Gasteiger partial charge in [-0.3, -0.25) is 0 Å². The molecule has 0 saturated carbocycles. The first-order valence-corrected chi connectivity index (χ1v) is 6.09. The Bertz CT molecular complexity index is 575. The number of aliphatic hydroxyl groups is 1. The number of benzene rings is 1. The van der Waals surface area contributed by atoms with Gasteiger partial charge >= 0.3 is 0 Å². The summed E-state index contributed by atoms with van der Waals surface area (Å²) in [5.74, 6) is 0.293. The Morgan fingerprint density at radius 3 is 2.78 bits per heavy atom. The van der Waals surface area contributed by atoms with Gasteiger partial charge in [0.15, 0.2) is 0 Å². The molecule has 0 atom stereocenters. The number of ether oxygens (including phenoxy) is 1. The predicted octanol–water partition coefficient (Wildman–Crippen LogP) is 3.58. The molecule has 0 saturated heterocycles. The van der Waals surface area contributed by atoms with Crippen LogP contribution in [0.3, 0.4) is 0 Å². The van der Waals surface area contributed by atoms with Crippen molar-refractivity contribution in [2.24, 2.45) is 0 Å². The van der Waals surface area contributed by atoms with E-state index in [0.717, 1.165) is 5.69 Å². The molecule has 1 aromatic carbocycles. The average molecular weight is 312 g/mol. The Hall–Kier alpha value is -1.46. The van der Waals surface area contributed by atoms with E-state index in [1.165, 1.54) is 6.07 Å². The number of aromatic nitrogens is 1. The lowest BCUT2D eigenvalue weighted by Gasteiger charge is -2.07. The number of hydrogen-bond donors (Lipinski definition) is 1. The van der Waals surface area contributed by atoms with E-state index in [9.17, 15) is 4.39 Å². The van der Waals surface area contributed by atoms with Crippen molar-refractivity contribution in [1.29, 1.82) is 0 Å². The zero-order valence-electron chi connectivity index (χ0n) is 9.65. The molecule has 1 heterocycles. The average Bonchev–Trinajstić information content (AvgIpc) is 2.33. The second kappa shape index (κ2) is 5.46. The Balaban J connectivity index is 2.27. The maximum Gasteiger partial charge on any atom is 0.219 e. The summed E-state index contributed by atoms with van der Waals surface area (Å²) in [4.78, 5) is 4.16. The molecule has 1 aromatic heterocycles. The maximum atomic E-state index is 13.3. The fourth-order valence-corrected chi connectivity index (χ4v) is 1.76. The lowest BCUT2D eigenvalue weighted by molar-refractivity contribution is 0.281. The van der Waals surface area contributed by atoms with E-state index in [1.54, 1.807) is 31.2 Å². The molecule has 0 aliphatic rings. The highest BCUT2D eigenvalue weighted by atomic mass is 79.9. The number of hydrogen-bond acceptors (Lipinski definition) is 3. The van der Waals surface area contributed by atoms with Crippen molar-refractivity contribution < 1.29 is 14.2 Å². The van der Waals surface area contributed by atoms with Crippen LogP contribution in [-0.4, -0.2) is 10.1 Å². The number of aryl methyl sites for hydroxylation is 1. The van der Waals surface area contributed by atoms with Gasteiger partial charge in [0.1, 0.15) is 11.6 Å². The van der Waals surface area contributed by atoms with Crippen LogP contribution in [0.1, 0.15) is 11.3 Å². The smallest absolute Gasteiger partial charge is 0.219 e. The number of nitrogens with zero attached hydrogens (tertiary/aromatic N) is 1. The molecule has 2 aromatic rings. The van der Waals surface area contributed by atoms with Gasteiger partial charge in [-0.1, -0.05) is 0 Å². The van der Waals surface area contributed by atoms with E-state index < -0.39 is 5.82 Å². The number of rotatable bonds is 3. The minimum Gasteiger partial charge on any atom is -0.439 e. The largest absolute Gasteiger partial charge is 0.439 e. The van der Waals surface area contributed by atoms with Gasteiger partial charge in [-0.15, -0.1) is 0 Å². The monoisotopic (exact) mass is 311 g/mol. The quantitative estimate of drug-likeness (QED) is 0.942. The molecule has 0 aliphatic heterocycles. The summed E-state index contributed by atoms with van der Waals surface area (Å²) in [7, 11) is 0. The third-order valence-electron chi connectivity index (χ3n) is 2.29. The van der Waals surface area contributed by atoms with Gasteiger partial charge < -0.3 is 9.84 Å². The predicted molar refractivity (Wildman–Crippen MR) is 69.1 cm³/mol. The van der Waals surface area contributed by atoms with Crippen molar-refractivity contribution in [3.63, 3.8) is 0 Å². The van der Waals surface area contributed by atoms with Crippen LogP contribution in [-0.2, 0) is 6.61 Å². The summed E-state index contributed by atoms with van der Waals surface area (Å²) >= 11 is 3.07. The van der Waals surface area contributed by atoms with Crippen molar-refractivity contribution >= 4 is 15.9 Å². The van der Waals surface area contributed by atoms with Gasteiger partial charge in [0.25, 0.3) is 0 Å². The van der Waals surface area contributed by atoms with E-state index in [4.69, 9.17) is 9.84 Å². The van der Waals surface area contributed by atoms with Crippen LogP contribution in [0, 0.1) is 12.7 Å². The van der Waals surface area contributed by atoms with E-state index in [1.807, 2.05) is 0 Å². The summed E-state index contributed by atoms with van der Waals surface area (Å²) in [5.41, 5.74) is 1.43. The third kappa shape index (κ3) is 3.05. The van der Waals surface area contributed by atoms with Gasteiger partial charge in [-0.25, -0.2) is 9.37 Å². The highest BCUT2D eigenvalue weighted by Gasteiger charge is 2.05. The molecule has 0 unspecified atom stereocenters. The van der Waals surface area contributed by atoms with Crippen LogP contribution in [0.5, 0.6) is 11.6 Å². The molecule has 94 valence electrons. The zero-order valence-corrected chi connectivity index (χ0v) is 11.2. The Morgan fingerprint density at radius 1 is 1.33 bits per heavy atom. The van der Waals surface area contributed by atoms with Crippen molar-refractivity contribution in [2.45, 2.75) is 13.5 Å². The topological polar surface area (TPSA) is 42.4 Å². The second-order valence-electron chi connectivity index (χ2n) is 3.79. The molecule has 5 heteroatoms. The lowest BCUT2D eigenvalue weighted by atomic mass is 10.2. The zero-order chi connectivity index (χ0) is 13.1. The molecular formula is C13H11BrFNO2. The molecule has 2 rings (SSSR count). The molecule has 0 bridgehead atoms. The highest BCUT2D eigenvalue weighted by molar-refractivity contribution is 9.10.